The van der Waals surface area contributed by atoms with Gasteiger partial charge in [-0.3, -0.25) is 4.79 Å². The van der Waals surface area contributed by atoms with E-state index in [2.05, 4.69) is 34.6 Å². The number of rotatable bonds is 6. The van der Waals surface area contributed by atoms with Crippen LogP contribution in [0.4, 0.5) is 0 Å². The van der Waals surface area contributed by atoms with E-state index < -0.39 is 5.60 Å². The van der Waals surface area contributed by atoms with Crippen LogP contribution in [-0.4, -0.2) is 22.8 Å². The van der Waals surface area contributed by atoms with Crippen LogP contribution in [0.1, 0.15) is 119 Å². The van der Waals surface area contributed by atoms with Gasteiger partial charge in [-0.15, -0.1) is 0 Å². The number of hydrogen-bond acceptors (Lipinski definition) is 3. The highest BCUT2D eigenvalue weighted by molar-refractivity contribution is 5.66. The van der Waals surface area contributed by atoms with Gasteiger partial charge in [0.15, 0.2) is 0 Å². The van der Waals surface area contributed by atoms with Crippen LogP contribution >= 0.6 is 0 Å². The second-order valence-electron chi connectivity index (χ2n) is 13.4. The Labute approximate surface area is 197 Å². The number of fused-ring (bicyclic) bond motifs is 5. The second-order valence-corrected chi connectivity index (χ2v) is 13.4. The summed E-state index contributed by atoms with van der Waals surface area (Å²) < 4.78 is 5.56. The topological polar surface area (TPSA) is 46.5 Å². The lowest BCUT2D eigenvalue weighted by atomic mass is 9.43. The molecular weight excluding hydrogens is 396 g/mol. The summed E-state index contributed by atoms with van der Waals surface area (Å²) in [5.41, 5.74) is -0.184. The van der Waals surface area contributed by atoms with E-state index in [1.807, 2.05) is 0 Å². The first-order chi connectivity index (χ1) is 15.0. The van der Waals surface area contributed by atoms with E-state index in [0.717, 1.165) is 55.3 Å². The monoisotopic (exact) mass is 446 g/mol. The van der Waals surface area contributed by atoms with Crippen molar-refractivity contribution in [2.75, 3.05) is 0 Å². The summed E-state index contributed by atoms with van der Waals surface area (Å²) in [5.74, 6) is 4.59. The molecule has 1 N–H and O–H groups in total. The molecule has 0 amide bonds. The van der Waals surface area contributed by atoms with E-state index >= 15 is 0 Å². The molecule has 3 nitrogen and oxygen atoms in total. The van der Waals surface area contributed by atoms with E-state index in [9.17, 15) is 9.90 Å². The molecule has 4 fully saturated rings. The molecule has 0 aromatic rings. The first kappa shape index (κ1) is 24.6. The molecule has 4 rings (SSSR count). The summed E-state index contributed by atoms with van der Waals surface area (Å²) in [6.07, 6.45) is 14.1. The fraction of sp³-hybridized carbons (Fsp3) is 0.966. The van der Waals surface area contributed by atoms with Gasteiger partial charge in [-0.05, 0) is 97.7 Å². The average molecular weight is 447 g/mol. The largest absolute Gasteiger partial charge is 0.462 e. The maximum atomic E-state index is 11.9. The van der Waals surface area contributed by atoms with Crippen molar-refractivity contribution in [1.29, 1.82) is 0 Å². The molecule has 9 atom stereocenters. The molecule has 3 heteroatoms. The Hall–Kier alpha value is -0.570. The van der Waals surface area contributed by atoms with E-state index in [1.54, 1.807) is 0 Å². The summed E-state index contributed by atoms with van der Waals surface area (Å²) in [5, 5.41) is 11.9. The Morgan fingerprint density at radius 2 is 1.72 bits per heavy atom. The van der Waals surface area contributed by atoms with Gasteiger partial charge >= 0.3 is 5.97 Å². The Morgan fingerprint density at radius 1 is 0.969 bits per heavy atom. The number of hydrogen-bond donors (Lipinski definition) is 1. The summed E-state index contributed by atoms with van der Waals surface area (Å²) in [6, 6.07) is 0. The third-order valence-corrected chi connectivity index (χ3v) is 11.3. The quantitative estimate of drug-likeness (QED) is 0.440. The molecule has 0 aromatic heterocycles. The van der Waals surface area contributed by atoms with Crippen LogP contribution in [0.25, 0.3) is 0 Å². The molecule has 0 heterocycles. The smallest absolute Gasteiger partial charge is 0.302 e. The lowest BCUT2D eigenvalue weighted by Crippen LogP contribution is -2.63. The van der Waals surface area contributed by atoms with Crippen molar-refractivity contribution in [1.82, 2.24) is 0 Å². The van der Waals surface area contributed by atoms with Crippen LogP contribution in [0.3, 0.4) is 0 Å². The van der Waals surface area contributed by atoms with Gasteiger partial charge < -0.3 is 9.84 Å². The van der Waals surface area contributed by atoms with Crippen molar-refractivity contribution in [3.05, 3.63) is 0 Å². The maximum absolute atomic E-state index is 11.9. The molecular formula is C29H50O3. The minimum atomic E-state index is -0.664. The van der Waals surface area contributed by atoms with Gasteiger partial charge in [0.1, 0.15) is 6.10 Å². The van der Waals surface area contributed by atoms with Crippen LogP contribution in [0, 0.1) is 46.3 Å². The standard InChI is InChI=1S/C29H50O3/c1-19(2)8-7-9-20(3)24-10-11-25-23-13-17-29(31)18-22(32-21(4)30)12-16-28(29,6)26(23)14-15-27(24,25)5/h19-20,22-26,31H,7-18H2,1-6H3/t20?,22-,23?,24?,25?,26?,27?,28?,29?/m1/s1. The minimum Gasteiger partial charge on any atom is -0.462 e. The van der Waals surface area contributed by atoms with Crippen molar-refractivity contribution >= 4 is 5.97 Å². The summed E-state index contributed by atoms with van der Waals surface area (Å²) in [7, 11) is 0. The number of carbonyl (C=O) groups excluding carboxylic acids is 1. The predicted octanol–water partition coefficient (Wildman–Crippen LogP) is 7.15. The number of ether oxygens (including phenoxy) is 1. The average Bonchev–Trinajstić information content (AvgIpc) is 3.05. The molecule has 184 valence electrons. The molecule has 0 aromatic carbocycles. The summed E-state index contributed by atoms with van der Waals surface area (Å²) in [4.78, 5) is 11.5. The molecule has 0 radical (unpaired) electrons. The zero-order valence-electron chi connectivity index (χ0n) is 21.8. The fourth-order valence-corrected chi connectivity index (χ4v) is 9.57. The van der Waals surface area contributed by atoms with Crippen molar-refractivity contribution in [2.45, 2.75) is 130 Å². The van der Waals surface area contributed by atoms with E-state index in [1.165, 1.54) is 51.9 Å². The fourth-order valence-electron chi connectivity index (χ4n) is 9.57. The molecule has 4 saturated carbocycles. The Balaban J connectivity index is 1.47. The molecule has 0 saturated heterocycles. The molecule has 0 bridgehead atoms. The zero-order valence-corrected chi connectivity index (χ0v) is 21.8. The number of aliphatic hydroxyl groups is 1. The SMILES string of the molecule is CC(=O)O[C@@H]1CCC2(C)C3CCC4(C)C(C(C)CCCC(C)C)CCC4C3CCC2(O)C1. The summed E-state index contributed by atoms with van der Waals surface area (Å²) >= 11 is 0. The van der Waals surface area contributed by atoms with Crippen molar-refractivity contribution < 1.29 is 14.6 Å². The van der Waals surface area contributed by atoms with E-state index in [0.29, 0.717) is 17.8 Å². The Bertz CT molecular complexity index is 688. The van der Waals surface area contributed by atoms with Gasteiger partial charge in [0.25, 0.3) is 0 Å². The molecule has 4 aliphatic carbocycles. The third-order valence-electron chi connectivity index (χ3n) is 11.3. The van der Waals surface area contributed by atoms with E-state index in [4.69, 9.17) is 4.74 Å². The molecule has 0 aliphatic heterocycles. The first-order valence-electron chi connectivity index (χ1n) is 13.9. The van der Waals surface area contributed by atoms with Crippen molar-refractivity contribution in [3.63, 3.8) is 0 Å². The third kappa shape index (κ3) is 4.07. The second kappa shape index (κ2) is 8.90. The normalized spacial score (nSPS) is 46.8. The van der Waals surface area contributed by atoms with Gasteiger partial charge in [-0.1, -0.05) is 53.9 Å². The lowest BCUT2D eigenvalue weighted by Gasteiger charge is -2.64. The van der Waals surface area contributed by atoms with Gasteiger partial charge in [0.2, 0.25) is 0 Å². The molecule has 8 unspecified atom stereocenters. The Kier molecular flexibility index (Phi) is 6.83. The van der Waals surface area contributed by atoms with Gasteiger partial charge in [-0.25, -0.2) is 0 Å². The predicted molar refractivity (Wildman–Crippen MR) is 130 cm³/mol. The van der Waals surface area contributed by atoms with E-state index in [-0.39, 0.29) is 17.5 Å². The molecule has 32 heavy (non-hydrogen) atoms. The van der Waals surface area contributed by atoms with Crippen molar-refractivity contribution in [3.8, 4) is 0 Å². The molecule has 4 aliphatic rings. The van der Waals surface area contributed by atoms with Crippen molar-refractivity contribution in [2.24, 2.45) is 46.3 Å². The lowest BCUT2D eigenvalue weighted by molar-refractivity contribution is -0.224. The van der Waals surface area contributed by atoms with Gasteiger partial charge in [0.05, 0.1) is 5.60 Å². The minimum absolute atomic E-state index is 0.0190. The highest BCUT2D eigenvalue weighted by atomic mass is 16.5. The first-order valence-corrected chi connectivity index (χ1v) is 13.9. The van der Waals surface area contributed by atoms with Crippen LogP contribution in [-0.2, 0) is 9.53 Å². The van der Waals surface area contributed by atoms with Crippen LogP contribution < -0.4 is 0 Å². The highest BCUT2D eigenvalue weighted by Crippen LogP contribution is 2.69. The van der Waals surface area contributed by atoms with Gasteiger partial charge in [0, 0.05) is 13.3 Å². The molecule has 0 spiro atoms. The number of esters is 1. The maximum Gasteiger partial charge on any atom is 0.302 e. The highest BCUT2D eigenvalue weighted by Gasteiger charge is 2.64. The number of carbonyl (C=O) groups is 1. The van der Waals surface area contributed by atoms with Gasteiger partial charge in [-0.2, -0.15) is 0 Å². The van der Waals surface area contributed by atoms with Crippen LogP contribution in [0.5, 0.6) is 0 Å². The Morgan fingerprint density at radius 3 is 2.41 bits per heavy atom. The van der Waals surface area contributed by atoms with Crippen LogP contribution in [0.15, 0.2) is 0 Å². The zero-order chi connectivity index (χ0) is 23.3. The van der Waals surface area contributed by atoms with Crippen LogP contribution in [0.2, 0.25) is 0 Å². The summed E-state index contributed by atoms with van der Waals surface area (Å²) in [6.45, 7) is 13.8.